The molecule has 0 radical (unpaired) electrons. The monoisotopic (exact) mass is 377 g/mol. The third-order valence-corrected chi connectivity index (χ3v) is 4.75. The lowest BCUT2D eigenvalue weighted by Crippen LogP contribution is -2.29. The average Bonchev–Trinajstić information content (AvgIpc) is 3.14. The molecule has 1 amide bonds. The molecule has 3 heterocycles. The first-order valence-electron chi connectivity index (χ1n) is 9.50. The van der Waals surface area contributed by atoms with E-state index in [0.717, 1.165) is 18.8 Å². The lowest BCUT2D eigenvalue weighted by atomic mass is 10.1. The molecule has 3 aromatic rings. The van der Waals surface area contributed by atoms with Crippen molar-refractivity contribution in [3.05, 3.63) is 60.0 Å². The van der Waals surface area contributed by atoms with Crippen LogP contribution in [0, 0.1) is 6.92 Å². The van der Waals surface area contributed by atoms with Crippen molar-refractivity contribution < 1.29 is 9.32 Å². The minimum absolute atomic E-state index is 0.187. The molecule has 0 aliphatic carbocycles. The second-order valence-corrected chi connectivity index (χ2v) is 6.93. The molecule has 1 saturated heterocycles. The number of carbonyl (C=O) groups excluding carboxylic acids is 1. The number of hydrogen-bond acceptors (Lipinski definition) is 6. The van der Waals surface area contributed by atoms with E-state index < -0.39 is 0 Å². The second kappa shape index (κ2) is 8.12. The van der Waals surface area contributed by atoms with Gasteiger partial charge >= 0.3 is 0 Å². The summed E-state index contributed by atoms with van der Waals surface area (Å²) >= 11 is 0. The van der Waals surface area contributed by atoms with Gasteiger partial charge in [0.1, 0.15) is 11.6 Å². The smallest absolute Gasteiger partial charge is 0.255 e. The molecule has 1 aliphatic rings. The van der Waals surface area contributed by atoms with Crippen LogP contribution in [0.1, 0.15) is 35.4 Å². The molecule has 7 nitrogen and oxygen atoms in total. The zero-order valence-electron chi connectivity index (χ0n) is 15.8. The van der Waals surface area contributed by atoms with Gasteiger partial charge in [-0.05, 0) is 62.6 Å². The quantitative estimate of drug-likeness (QED) is 0.687. The third kappa shape index (κ3) is 4.31. The van der Waals surface area contributed by atoms with Crippen molar-refractivity contribution in [3.63, 3.8) is 0 Å². The highest BCUT2D eigenvalue weighted by Gasteiger charge is 2.12. The molecule has 0 bridgehead atoms. The maximum Gasteiger partial charge on any atom is 0.255 e. The van der Waals surface area contributed by atoms with Gasteiger partial charge in [0.2, 0.25) is 0 Å². The first kappa shape index (κ1) is 18.0. The van der Waals surface area contributed by atoms with Crippen molar-refractivity contribution in [2.75, 3.05) is 28.6 Å². The van der Waals surface area contributed by atoms with Gasteiger partial charge in [-0.25, -0.2) is 4.98 Å². The lowest BCUT2D eigenvalue weighted by molar-refractivity contribution is 0.102. The van der Waals surface area contributed by atoms with E-state index in [1.165, 1.54) is 24.9 Å². The van der Waals surface area contributed by atoms with E-state index in [9.17, 15) is 4.79 Å². The van der Waals surface area contributed by atoms with Crippen molar-refractivity contribution in [2.24, 2.45) is 0 Å². The summed E-state index contributed by atoms with van der Waals surface area (Å²) in [7, 11) is 0. The molecule has 0 spiro atoms. The highest BCUT2D eigenvalue weighted by Crippen LogP contribution is 2.22. The van der Waals surface area contributed by atoms with Crippen LogP contribution in [0.25, 0.3) is 0 Å². The fraction of sp³-hybridized carbons (Fsp3) is 0.286. The molecular formula is C21H23N5O2. The normalized spacial score (nSPS) is 14.0. The zero-order valence-corrected chi connectivity index (χ0v) is 15.8. The fourth-order valence-corrected chi connectivity index (χ4v) is 3.31. The molecule has 1 fully saturated rings. The summed E-state index contributed by atoms with van der Waals surface area (Å²) in [5.41, 5.74) is 2.48. The predicted octanol–water partition coefficient (Wildman–Crippen LogP) is 4.36. The molecule has 4 rings (SSSR count). The highest BCUT2D eigenvalue weighted by atomic mass is 16.5. The Morgan fingerprint density at radius 1 is 1.04 bits per heavy atom. The molecule has 2 aromatic heterocycles. The van der Waals surface area contributed by atoms with Gasteiger partial charge in [-0.15, -0.1) is 0 Å². The topological polar surface area (TPSA) is 83.3 Å². The average molecular weight is 377 g/mol. The summed E-state index contributed by atoms with van der Waals surface area (Å²) in [6.07, 6.45) is 5.38. The van der Waals surface area contributed by atoms with E-state index in [2.05, 4.69) is 37.8 Å². The molecule has 2 N–H and O–H groups in total. The standard InChI is InChI=1S/C21H23N5O2/c1-15-13-20(25-28-15)24-19-14-16(9-10-22-19)21(27)23-17-5-7-18(8-6-17)26-11-3-2-4-12-26/h5-10,13-14H,2-4,11-12H2,1H3,(H,23,27)(H,22,24,25). The van der Waals surface area contributed by atoms with E-state index in [4.69, 9.17) is 4.52 Å². The number of anilines is 4. The summed E-state index contributed by atoms with van der Waals surface area (Å²) in [5.74, 6) is 1.59. The molecule has 0 unspecified atom stereocenters. The number of hydrogen-bond donors (Lipinski definition) is 2. The second-order valence-electron chi connectivity index (χ2n) is 6.93. The van der Waals surface area contributed by atoms with Crippen LogP contribution < -0.4 is 15.5 Å². The van der Waals surface area contributed by atoms with Gasteiger partial charge in [0.15, 0.2) is 5.82 Å². The first-order chi connectivity index (χ1) is 13.7. The van der Waals surface area contributed by atoms with Crippen LogP contribution in [0.5, 0.6) is 0 Å². The van der Waals surface area contributed by atoms with Crippen LogP contribution in [0.4, 0.5) is 23.0 Å². The Balaban J connectivity index is 1.41. The predicted molar refractivity (Wildman–Crippen MR) is 109 cm³/mol. The van der Waals surface area contributed by atoms with Crippen molar-refractivity contribution in [2.45, 2.75) is 26.2 Å². The Labute approximate surface area is 163 Å². The number of amides is 1. The van der Waals surface area contributed by atoms with Crippen molar-refractivity contribution >= 4 is 28.9 Å². The van der Waals surface area contributed by atoms with Gasteiger partial charge in [0.05, 0.1) is 0 Å². The molecule has 1 aliphatic heterocycles. The Kier molecular flexibility index (Phi) is 5.23. The Morgan fingerprint density at radius 3 is 2.54 bits per heavy atom. The van der Waals surface area contributed by atoms with E-state index in [1.807, 2.05) is 19.1 Å². The van der Waals surface area contributed by atoms with Crippen LogP contribution in [-0.4, -0.2) is 29.1 Å². The third-order valence-electron chi connectivity index (χ3n) is 4.75. The zero-order chi connectivity index (χ0) is 19.3. The molecule has 7 heteroatoms. The largest absolute Gasteiger partial charge is 0.372 e. The van der Waals surface area contributed by atoms with Gasteiger partial charge in [-0.3, -0.25) is 4.79 Å². The molecule has 144 valence electrons. The Morgan fingerprint density at radius 2 is 1.82 bits per heavy atom. The van der Waals surface area contributed by atoms with Gasteiger partial charge in [0.25, 0.3) is 5.91 Å². The number of benzene rings is 1. The molecule has 28 heavy (non-hydrogen) atoms. The van der Waals surface area contributed by atoms with Gasteiger partial charge in [-0.2, -0.15) is 0 Å². The van der Waals surface area contributed by atoms with Crippen LogP contribution in [0.15, 0.2) is 53.2 Å². The van der Waals surface area contributed by atoms with E-state index in [1.54, 1.807) is 24.4 Å². The number of aryl methyl sites for hydroxylation is 1. The minimum Gasteiger partial charge on any atom is -0.372 e. The molecule has 0 saturated carbocycles. The maximum atomic E-state index is 12.6. The molecule has 1 aromatic carbocycles. The number of aromatic nitrogens is 2. The van der Waals surface area contributed by atoms with Crippen LogP contribution >= 0.6 is 0 Å². The summed E-state index contributed by atoms with van der Waals surface area (Å²) in [6.45, 7) is 4.01. The van der Waals surface area contributed by atoms with Gasteiger partial charge in [0, 0.05) is 42.3 Å². The summed E-state index contributed by atoms with van der Waals surface area (Å²) in [6, 6.07) is 13.1. The first-order valence-corrected chi connectivity index (χ1v) is 9.50. The van der Waals surface area contributed by atoms with E-state index in [0.29, 0.717) is 23.0 Å². The number of rotatable bonds is 5. The van der Waals surface area contributed by atoms with Crippen molar-refractivity contribution in [1.29, 1.82) is 0 Å². The van der Waals surface area contributed by atoms with Crippen LogP contribution in [-0.2, 0) is 0 Å². The van der Waals surface area contributed by atoms with Crippen LogP contribution in [0.3, 0.4) is 0 Å². The summed E-state index contributed by atoms with van der Waals surface area (Å²) in [4.78, 5) is 19.2. The number of piperidine rings is 1. The van der Waals surface area contributed by atoms with Gasteiger partial charge in [-0.1, -0.05) is 5.16 Å². The molecule has 0 atom stereocenters. The number of nitrogens with zero attached hydrogens (tertiary/aromatic N) is 3. The van der Waals surface area contributed by atoms with Gasteiger partial charge < -0.3 is 20.1 Å². The van der Waals surface area contributed by atoms with E-state index in [-0.39, 0.29) is 5.91 Å². The number of pyridine rings is 1. The number of nitrogens with one attached hydrogen (secondary N) is 2. The molecular weight excluding hydrogens is 354 g/mol. The highest BCUT2D eigenvalue weighted by molar-refractivity contribution is 6.04. The minimum atomic E-state index is -0.187. The van der Waals surface area contributed by atoms with E-state index >= 15 is 0 Å². The maximum absolute atomic E-state index is 12.6. The Bertz CT molecular complexity index is 945. The van der Waals surface area contributed by atoms with Crippen molar-refractivity contribution in [1.82, 2.24) is 10.1 Å². The Hall–Kier alpha value is -3.35. The lowest BCUT2D eigenvalue weighted by Gasteiger charge is -2.28. The van der Waals surface area contributed by atoms with Crippen molar-refractivity contribution in [3.8, 4) is 0 Å². The fourth-order valence-electron chi connectivity index (χ4n) is 3.31. The summed E-state index contributed by atoms with van der Waals surface area (Å²) in [5, 5.41) is 9.83. The van der Waals surface area contributed by atoms with Crippen LogP contribution in [0.2, 0.25) is 0 Å². The summed E-state index contributed by atoms with van der Waals surface area (Å²) < 4.78 is 5.02. The SMILES string of the molecule is Cc1cc(Nc2cc(C(=O)Nc3ccc(N4CCCCC4)cc3)ccn2)no1. The number of carbonyl (C=O) groups is 1.